The summed E-state index contributed by atoms with van der Waals surface area (Å²) in [7, 11) is 0. The van der Waals surface area contributed by atoms with Crippen molar-refractivity contribution in [2.24, 2.45) is 0 Å². The van der Waals surface area contributed by atoms with Gasteiger partial charge >= 0.3 is 5.97 Å². The number of aliphatic carboxylic acids is 1. The highest BCUT2D eigenvalue weighted by molar-refractivity contribution is 7.12. The fraction of sp³-hybridized carbons (Fsp3) is 0.500. The Morgan fingerprint density at radius 3 is 2.50 bits per heavy atom. The van der Waals surface area contributed by atoms with Crippen molar-refractivity contribution >= 4 is 17.3 Å². The fourth-order valence-corrected chi connectivity index (χ4v) is 2.15. The maximum atomic E-state index is 10.5. The summed E-state index contributed by atoms with van der Waals surface area (Å²) in [4.78, 5) is 12.3. The molecule has 1 rings (SSSR count). The Balaban J connectivity index is 2.42. The number of hydrogen-bond donors (Lipinski definition) is 4. The predicted octanol–water partition coefficient (Wildman–Crippen LogP) is -0.182. The zero-order valence-corrected chi connectivity index (χ0v) is 9.54. The van der Waals surface area contributed by atoms with E-state index < -0.39 is 5.97 Å². The molecule has 0 aliphatic rings. The first-order chi connectivity index (χ1) is 7.65. The van der Waals surface area contributed by atoms with E-state index in [4.69, 9.17) is 15.3 Å². The lowest BCUT2D eigenvalue weighted by Gasteiger charge is -2.11. The van der Waals surface area contributed by atoms with E-state index in [0.717, 1.165) is 9.75 Å². The zero-order chi connectivity index (χ0) is 12.0. The highest BCUT2D eigenvalue weighted by atomic mass is 32.1. The summed E-state index contributed by atoms with van der Waals surface area (Å²) in [6.45, 7) is 0.282. The smallest absolute Gasteiger partial charge is 0.308 e. The van der Waals surface area contributed by atoms with Crippen molar-refractivity contribution in [3.05, 3.63) is 21.9 Å². The van der Waals surface area contributed by atoms with Crippen LogP contribution < -0.4 is 5.32 Å². The summed E-state index contributed by atoms with van der Waals surface area (Å²) >= 11 is 1.42. The minimum atomic E-state index is -0.843. The van der Waals surface area contributed by atoms with E-state index in [1.54, 1.807) is 6.07 Å². The molecule has 0 saturated carbocycles. The van der Waals surface area contributed by atoms with Gasteiger partial charge in [0.05, 0.1) is 25.7 Å². The Hall–Kier alpha value is -0.950. The summed E-state index contributed by atoms with van der Waals surface area (Å²) < 4.78 is 0. The van der Waals surface area contributed by atoms with Gasteiger partial charge in [0.15, 0.2) is 0 Å². The summed E-state index contributed by atoms with van der Waals surface area (Å²) in [5.74, 6) is -0.843. The Morgan fingerprint density at radius 1 is 1.31 bits per heavy atom. The van der Waals surface area contributed by atoms with Gasteiger partial charge in [0, 0.05) is 16.3 Å². The van der Waals surface area contributed by atoms with Gasteiger partial charge in [-0.05, 0) is 12.1 Å². The van der Waals surface area contributed by atoms with Gasteiger partial charge < -0.3 is 20.6 Å². The summed E-state index contributed by atoms with van der Waals surface area (Å²) in [5.41, 5.74) is 0. The van der Waals surface area contributed by atoms with Crippen LogP contribution in [0.5, 0.6) is 0 Å². The van der Waals surface area contributed by atoms with Gasteiger partial charge in [0.1, 0.15) is 0 Å². The van der Waals surface area contributed by atoms with Crippen LogP contribution in [0.15, 0.2) is 12.1 Å². The molecule has 0 spiro atoms. The highest BCUT2D eigenvalue weighted by Crippen LogP contribution is 2.16. The number of aliphatic hydroxyl groups excluding tert-OH is 2. The summed E-state index contributed by atoms with van der Waals surface area (Å²) in [6.07, 6.45) is 0.0358. The molecule has 6 heteroatoms. The molecule has 0 atom stereocenters. The molecule has 1 heterocycles. The quantitative estimate of drug-likeness (QED) is 0.535. The van der Waals surface area contributed by atoms with Gasteiger partial charge in [-0.15, -0.1) is 11.3 Å². The van der Waals surface area contributed by atoms with E-state index >= 15 is 0 Å². The van der Waals surface area contributed by atoms with E-state index in [-0.39, 0.29) is 25.7 Å². The molecule has 16 heavy (non-hydrogen) atoms. The minimum Gasteiger partial charge on any atom is -0.481 e. The molecule has 0 unspecified atom stereocenters. The number of carbonyl (C=O) groups is 1. The van der Waals surface area contributed by atoms with Crippen molar-refractivity contribution < 1.29 is 20.1 Å². The fourth-order valence-electron chi connectivity index (χ4n) is 1.19. The third-order valence-electron chi connectivity index (χ3n) is 2.05. The SMILES string of the molecule is O=C(O)Cc1ccc(CNC(CO)CO)s1. The molecular weight excluding hydrogens is 230 g/mol. The molecule has 0 saturated heterocycles. The number of carboxylic acids is 1. The van der Waals surface area contributed by atoms with Crippen LogP contribution in [0.4, 0.5) is 0 Å². The van der Waals surface area contributed by atoms with Crippen LogP contribution in [-0.4, -0.2) is 40.5 Å². The van der Waals surface area contributed by atoms with Crippen molar-refractivity contribution in [3.8, 4) is 0 Å². The molecule has 0 amide bonds. The third kappa shape index (κ3) is 4.28. The van der Waals surface area contributed by atoms with Crippen molar-refractivity contribution in [2.75, 3.05) is 13.2 Å². The van der Waals surface area contributed by atoms with Gasteiger partial charge in [-0.2, -0.15) is 0 Å². The molecule has 0 aliphatic carbocycles. The third-order valence-corrected chi connectivity index (χ3v) is 3.13. The second kappa shape index (κ2) is 6.59. The number of hydrogen-bond acceptors (Lipinski definition) is 5. The summed E-state index contributed by atoms with van der Waals surface area (Å²) in [5, 5.41) is 29.2. The molecule has 1 aromatic rings. The molecule has 0 bridgehead atoms. The van der Waals surface area contributed by atoms with Crippen LogP contribution in [0.3, 0.4) is 0 Å². The lowest BCUT2D eigenvalue weighted by atomic mass is 10.3. The first kappa shape index (κ1) is 13.1. The standard InChI is InChI=1S/C10H15NO4S/c12-5-7(6-13)11-4-9-2-1-8(16-9)3-10(14)15/h1-2,7,11-13H,3-6H2,(H,14,15). The van der Waals surface area contributed by atoms with Crippen LogP contribution in [0, 0.1) is 0 Å². The largest absolute Gasteiger partial charge is 0.481 e. The second-order valence-corrected chi connectivity index (χ2v) is 4.63. The van der Waals surface area contributed by atoms with Crippen LogP contribution in [0.25, 0.3) is 0 Å². The second-order valence-electron chi connectivity index (χ2n) is 3.38. The molecular formula is C10H15NO4S. The van der Waals surface area contributed by atoms with Crippen LogP contribution in [0.2, 0.25) is 0 Å². The maximum Gasteiger partial charge on any atom is 0.308 e. The van der Waals surface area contributed by atoms with Gasteiger partial charge in [-0.1, -0.05) is 0 Å². The molecule has 0 radical (unpaired) electrons. The van der Waals surface area contributed by atoms with Gasteiger partial charge in [-0.3, -0.25) is 4.79 Å². The number of aliphatic hydroxyl groups is 2. The first-order valence-corrected chi connectivity index (χ1v) is 5.72. The average molecular weight is 245 g/mol. The highest BCUT2D eigenvalue weighted by Gasteiger charge is 2.07. The lowest BCUT2D eigenvalue weighted by Crippen LogP contribution is -2.34. The van der Waals surface area contributed by atoms with E-state index in [9.17, 15) is 4.79 Å². The Morgan fingerprint density at radius 2 is 1.94 bits per heavy atom. The number of rotatable bonds is 7. The molecule has 90 valence electrons. The van der Waals surface area contributed by atoms with E-state index in [2.05, 4.69) is 5.32 Å². The maximum absolute atomic E-state index is 10.5. The molecule has 1 aromatic heterocycles. The van der Waals surface area contributed by atoms with Crippen molar-refractivity contribution in [3.63, 3.8) is 0 Å². The van der Waals surface area contributed by atoms with E-state index in [0.29, 0.717) is 6.54 Å². The monoisotopic (exact) mass is 245 g/mol. The van der Waals surface area contributed by atoms with Gasteiger partial charge in [0.2, 0.25) is 0 Å². The topological polar surface area (TPSA) is 89.8 Å². The lowest BCUT2D eigenvalue weighted by molar-refractivity contribution is -0.136. The Kier molecular flexibility index (Phi) is 5.41. The van der Waals surface area contributed by atoms with E-state index in [1.165, 1.54) is 11.3 Å². The first-order valence-electron chi connectivity index (χ1n) is 4.90. The van der Waals surface area contributed by atoms with Crippen molar-refractivity contribution in [2.45, 2.75) is 19.0 Å². The molecule has 0 aliphatic heterocycles. The predicted molar refractivity (Wildman–Crippen MR) is 60.5 cm³/mol. The summed E-state index contributed by atoms with van der Waals surface area (Å²) in [6, 6.07) is 3.30. The zero-order valence-electron chi connectivity index (χ0n) is 8.72. The molecule has 0 fully saturated rings. The van der Waals surface area contributed by atoms with Crippen molar-refractivity contribution in [1.29, 1.82) is 0 Å². The number of thiophene rings is 1. The van der Waals surface area contributed by atoms with Crippen LogP contribution in [0.1, 0.15) is 9.75 Å². The van der Waals surface area contributed by atoms with Crippen LogP contribution >= 0.6 is 11.3 Å². The average Bonchev–Trinajstić information content (AvgIpc) is 2.66. The van der Waals surface area contributed by atoms with Crippen molar-refractivity contribution in [1.82, 2.24) is 5.32 Å². The Bertz CT molecular complexity index is 335. The molecule has 5 nitrogen and oxygen atoms in total. The Labute approximate surface area is 97.4 Å². The number of carboxylic acid groups (broad SMARTS) is 1. The van der Waals surface area contributed by atoms with Gasteiger partial charge in [-0.25, -0.2) is 0 Å². The molecule has 4 N–H and O–H groups in total. The van der Waals surface area contributed by atoms with Crippen LogP contribution in [-0.2, 0) is 17.8 Å². The van der Waals surface area contributed by atoms with E-state index in [1.807, 2.05) is 6.07 Å². The van der Waals surface area contributed by atoms with Gasteiger partial charge in [0.25, 0.3) is 0 Å². The minimum absolute atomic E-state index is 0.0358. The number of nitrogens with one attached hydrogen (secondary N) is 1. The molecule has 0 aromatic carbocycles. The normalized spacial score (nSPS) is 10.9.